The molecule has 0 unspecified atom stereocenters. The lowest BCUT2D eigenvalue weighted by Crippen LogP contribution is -2.13. The van der Waals surface area contributed by atoms with Crippen LogP contribution >= 0.6 is 11.6 Å². The average Bonchev–Trinajstić information content (AvgIpc) is 2.88. The van der Waals surface area contributed by atoms with E-state index < -0.39 is 32.3 Å². The highest BCUT2D eigenvalue weighted by molar-refractivity contribution is 6.35. The smallest absolute Gasteiger partial charge is 0.362 e. The molecule has 11 nitrogen and oxygen atoms in total. The number of aromatic nitrogens is 2. The van der Waals surface area contributed by atoms with Gasteiger partial charge in [-0.1, -0.05) is 16.7 Å². The standard InChI is InChI=1S/C11H8ClN5O6/c1-23-7-3-5(2-6(4-7)16(19)20)13-11(18)9-8(12)10(15-14-9)17(21)22/h2-4H,1H3,(H,13,18)(H,14,15). The minimum atomic E-state index is -0.873. The molecule has 0 bridgehead atoms. The number of ether oxygens (including phenoxy) is 1. The fourth-order valence-electron chi connectivity index (χ4n) is 1.66. The van der Waals surface area contributed by atoms with Gasteiger partial charge in [0.15, 0.2) is 10.7 Å². The third-order valence-corrected chi connectivity index (χ3v) is 3.04. The van der Waals surface area contributed by atoms with E-state index in [0.717, 1.165) is 6.07 Å². The van der Waals surface area contributed by atoms with Crippen molar-refractivity contribution in [3.05, 3.63) is 49.1 Å². The van der Waals surface area contributed by atoms with Crippen LogP contribution in [0.4, 0.5) is 17.2 Å². The Bertz CT molecular complexity index is 804. The lowest BCUT2D eigenvalue weighted by Gasteiger charge is -2.06. The highest BCUT2D eigenvalue weighted by Crippen LogP contribution is 2.28. The molecular weight excluding hydrogens is 334 g/mol. The monoisotopic (exact) mass is 341 g/mol. The second-order valence-electron chi connectivity index (χ2n) is 4.12. The van der Waals surface area contributed by atoms with Crippen molar-refractivity contribution in [1.29, 1.82) is 0 Å². The van der Waals surface area contributed by atoms with Gasteiger partial charge in [0.2, 0.25) is 0 Å². The fourth-order valence-corrected chi connectivity index (χ4v) is 1.90. The molecular formula is C11H8ClN5O6. The number of carbonyl (C=O) groups excluding carboxylic acids is 1. The minimum Gasteiger partial charge on any atom is -0.496 e. The summed E-state index contributed by atoms with van der Waals surface area (Å²) >= 11 is 5.69. The second-order valence-corrected chi connectivity index (χ2v) is 4.50. The molecule has 0 spiro atoms. The van der Waals surface area contributed by atoms with E-state index in [9.17, 15) is 25.0 Å². The molecule has 0 fully saturated rings. The summed E-state index contributed by atoms with van der Waals surface area (Å²) < 4.78 is 4.90. The molecule has 2 N–H and O–H groups in total. The van der Waals surface area contributed by atoms with E-state index in [-0.39, 0.29) is 17.1 Å². The summed E-state index contributed by atoms with van der Waals surface area (Å²) in [7, 11) is 1.30. The molecule has 1 aromatic heterocycles. The van der Waals surface area contributed by atoms with Crippen LogP contribution < -0.4 is 10.1 Å². The lowest BCUT2D eigenvalue weighted by atomic mass is 10.2. The van der Waals surface area contributed by atoms with Crippen molar-refractivity contribution < 1.29 is 19.4 Å². The van der Waals surface area contributed by atoms with E-state index in [1.807, 2.05) is 5.10 Å². The second kappa shape index (κ2) is 6.27. The SMILES string of the molecule is COc1cc(NC(=O)c2n[nH]c([N+](=O)[O-])c2Cl)cc([N+](=O)[O-])c1. The Kier molecular flexibility index (Phi) is 4.41. The summed E-state index contributed by atoms with van der Waals surface area (Å²) in [6.07, 6.45) is 0. The molecule has 1 amide bonds. The average molecular weight is 342 g/mol. The summed E-state index contributed by atoms with van der Waals surface area (Å²) in [5.74, 6) is -1.36. The third kappa shape index (κ3) is 3.35. The van der Waals surface area contributed by atoms with Crippen LogP contribution in [0.25, 0.3) is 0 Å². The highest BCUT2D eigenvalue weighted by Gasteiger charge is 2.25. The molecule has 0 aliphatic rings. The van der Waals surface area contributed by atoms with Gasteiger partial charge >= 0.3 is 5.82 Å². The Morgan fingerprint density at radius 2 is 2.00 bits per heavy atom. The molecule has 2 rings (SSSR count). The summed E-state index contributed by atoms with van der Waals surface area (Å²) in [5, 5.41) is 28.8. The summed E-state index contributed by atoms with van der Waals surface area (Å²) in [5.41, 5.74) is -0.676. The number of benzene rings is 1. The topological polar surface area (TPSA) is 153 Å². The Balaban J connectivity index is 2.32. The molecule has 23 heavy (non-hydrogen) atoms. The third-order valence-electron chi connectivity index (χ3n) is 2.68. The normalized spacial score (nSPS) is 10.2. The number of methoxy groups -OCH3 is 1. The highest BCUT2D eigenvalue weighted by atomic mass is 35.5. The number of amides is 1. The summed E-state index contributed by atoms with van der Waals surface area (Å²) in [6, 6.07) is 3.59. The van der Waals surface area contributed by atoms with Gasteiger partial charge in [0, 0.05) is 12.1 Å². The number of H-pyrrole nitrogens is 1. The maximum Gasteiger partial charge on any atom is 0.362 e. The predicted octanol–water partition coefficient (Wildman–Crippen LogP) is 2.14. The number of aromatic amines is 1. The fraction of sp³-hybridized carbons (Fsp3) is 0.0909. The van der Waals surface area contributed by atoms with Gasteiger partial charge in [0.05, 0.1) is 23.8 Å². The van der Waals surface area contributed by atoms with Crippen LogP contribution in [0.1, 0.15) is 10.5 Å². The molecule has 1 aromatic carbocycles. The Morgan fingerprint density at radius 1 is 1.30 bits per heavy atom. The minimum absolute atomic E-state index is 0.0442. The number of halogens is 1. The Hall–Kier alpha value is -3.21. The number of nitro benzene ring substituents is 1. The first kappa shape index (κ1) is 16.2. The number of hydrogen-bond donors (Lipinski definition) is 2. The zero-order chi connectivity index (χ0) is 17.1. The number of rotatable bonds is 5. The van der Waals surface area contributed by atoms with E-state index in [1.54, 1.807) is 0 Å². The number of anilines is 1. The largest absolute Gasteiger partial charge is 0.496 e. The number of carbonyl (C=O) groups is 1. The summed E-state index contributed by atoms with van der Waals surface area (Å²) in [4.78, 5) is 32.0. The van der Waals surface area contributed by atoms with Crippen molar-refractivity contribution in [3.63, 3.8) is 0 Å². The lowest BCUT2D eigenvalue weighted by molar-refractivity contribution is -0.389. The van der Waals surface area contributed by atoms with Crippen molar-refractivity contribution in [1.82, 2.24) is 10.2 Å². The van der Waals surface area contributed by atoms with Gasteiger partial charge in [-0.2, -0.15) is 0 Å². The zero-order valence-corrected chi connectivity index (χ0v) is 12.2. The zero-order valence-electron chi connectivity index (χ0n) is 11.4. The molecule has 0 saturated heterocycles. The van der Waals surface area contributed by atoms with Crippen molar-refractivity contribution in [2.45, 2.75) is 0 Å². The molecule has 0 saturated carbocycles. The van der Waals surface area contributed by atoms with E-state index in [1.165, 1.54) is 19.2 Å². The maximum absolute atomic E-state index is 12.0. The number of nitro groups is 2. The molecule has 0 aliphatic carbocycles. The van der Waals surface area contributed by atoms with E-state index in [4.69, 9.17) is 16.3 Å². The van der Waals surface area contributed by atoms with Gasteiger partial charge in [-0.05, 0) is 4.92 Å². The Labute approximate surface area is 132 Å². The van der Waals surface area contributed by atoms with Gasteiger partial charge in [0.1, 0.15) is 5.75 Å². The van der Waals surface area contributed by atoms with Crippen LogP contribution in [-0.2, 0) is 0 Å². The first-order valence-electron chi connectivity index (χ1n) is 5.86. The van der Waals surface area contributed by atoms with Crippen LogP contribution in [0.2, 0.25) is 5.02 Å². The number of non-ortho nitro benzene ring substituents is 1. The molecule has 0 radical (unpaired) electrons. The quantitative estimate of drug-likeness (QED) is 0.623. The van der Waals surface area contributed by atoms with Crippen LogP contribution in [0, 0.1) is 20.2 Å². The molecule has 2 aromatic rings. The van der Waals surface area contributed by atoms with Crippen molar-refractivity contribution >= 4 is 34.7 Å². The first-order chi connectivity index (χ1) is 10.8. The van der Waals surface area contributed by atoms with E-state index in [0.29, 0.717) is 0 Å². The van der Waals surface area contributed by atoms with Crippen molar-refractivity contribution in [2.75, 3.05) is 12.4 Å². The van der Waals surface area contributed by atoms with Crippen molar-refractivity contribution in [2.24, 2.45) is 0 Å². The summed E-state index contributed by atoms with van der Waals surface area (Å²) in [6.45, 7) is 0. The maximum atomic E-state index is 12.0. The van der Waals surface area contributed by atoms with Crippen LogP contribution in [-0.4, -0.2) is 33.1 Å². The van der Waals surface area contributed by atoms with E-state index in [2.05, 4.69) is 10.4 Å². The number of hydrogen-bond acceptors (Lipinski definition) is 7. The van der Waals surface area contributed by atoms with Gasteiger partial charge in [-0.15, -0.1) is 5.10 Å². The van der Waals surface area contributed by atoms with Gasteiger partial charge in [-0.3, -0.25) is 14.9 Å². The molecule has 120 valence electrons. The van der Waals surface area contributed by atoms with Crippen LogP contribution in [0.15, 0.2) is 18.2 Å². The Morgan fingerprint density at radius 3 is 2.52 bits per heavy atom. The van der Waals surface area contributed by atoms with Crippen LogP contribution in [0.5, 0.6) is 5.75 Å². The van der Waals surface area contributed by atoms with Crippen molar-refractivity contribution in [3.8, 4) is 5.75 Å². The molecule has 12 heteroatoms. The van der Waals surface area contributed by atoms with Gasteiger partial charge in [-0.25, -0.2) is 0 Å². The first-order valence-corrected chi connectivity index (χ1v) is 6.24. The number of nitrogens with zero attached hydrogens (tertiary/aromatic N) is 3. The van der Waals surface area contributed by atoms with Crippen LogP contribution in [0.3, 0.4) is 0 Å². The van der Waals surface area contributed by atoms with Gasteiger partial charge in [0.25, 0.3) is 11.6 Å². The number of nitrogens with one attached hydrogen (secondary N) is 2. The molecule has 0 aliphatic heterocycles. The van der Waals surface area contributed by atoms with E-state index >= 15 is 0 Å². The molecule has 1 heterocycles. The predicted molar refractivity (Wildman–Crippen MR) is 77.9 cm³/mol. The van der Waals surface area contributed by atoms with Gasteiger partial charge < -0.3 is 20.2 Å². The molecule has 0 atom stereocenters.